The fourth-order valence-corrected chi connectivity index (χ4v) is 4.07. The van der Waals surface area contributed by atoms with E-state index in [2.05, 4.69) is 15.6 Å². The summed E-state index contributed by atoms with van der Waals surface area (Å²) in [6, 6.07) is 7.12. The van der Waals surface area contributed by atoms with Crippen molar-refractivity contribution in [1.82, 2.24) is 15.6 Å². The van der Waals surface area contributed by atoms with Crippen molar-refractivity contribution in [3.8, 4) is 5.75 Å². The number of carbonyl (C=O) groups is 2. The second kappa shape index (κ2) is 7.75. The van der Waals surface area contributed by atoms with E-state index in [1.165, 1.54) is 0 Å². The first-order chi connectivity index (χ1) is 13.5. The van der Waals surface area contributed by atoms with Crippen LogP contribution in [0.5, 0.6) is 5.75 Å². The van der Waals surface area contributed by atoms with Crippen molar-refractivity contribution in [2.24, 2.45) is 0 Å². The number of methoxy groups -OCH3 is 1. The third-order valence-corrected chi connectivity index (χ3v) is 5.59. The molecule has 1 aromatic heterocycles. The number of aryl methyl sites for hydroxylation is 1. The van der Waals surface area contributed by atoms with E-state index in [1.54, 1.807) is 7.11 Å². The Bertz CT molecular complexity index is 908. The van der Waals surface area contributed by atoms with Crippen molar-refractivity contribution < 1.29 is 19.1 Å². The van der Waals surface area contributed by atoms with E-state index in [1.807, 2.05) is 31.2 Å². The first-order valence-electron chi connectivity index (χ1n) is 9.72. The van der Waals surface area contributed by atoms with Gasteiger partial charge >= 0.3 is 0 Å². The number of benzene rings is 1. The SMILES string of the molecule is COc1ccc2cc(C(=O)N[C@@H]3CCC(=O)N[C@@H]3[C@@H]3CCCO3)c(C)nc2c1. The number of rotatable bonds is 4. The maximum atomic E-state index is 13.0. The average molecular weight is 383 g/mol. The average Bonchev–Trinajstić information content (AvgIpc) is 3.22. The molecule has 28 heavy (non-hydrogen) atoms. The van der Waals surface area contributed by atoms with Gasteiger partial charge in [0.05, 0.1) is 42.1 Å². The van der Waals surface area contributed by atoms with E-state index < -0.39 is 0 Å². The number of fused-ring (bicyclic) bond motifs is 1. The first kappa shape index (κ1) is 18.7. The molecule has 2 aliphatic heterocycles. The summed E-state index contributed by atoms with van der Waals surface area (Å²) in [5.74, 6) is 0.573. The molecule has 1 aromatic carbocycles. The Hall–Kier alpha value is -2.67. The van der Waals surface area contributed by atoms with Crippen molar-refractivity contribution in [2.45, 2.75) is 50.8 Å². The minimum absolute atomic E-state index is 0.0171. The zero-order chi connectivity index (χ0) is 19.7. The quantitative estimate of drug-likeness (QED) is 0.844. The van der Waals surface area contributed by atoms with Gasteiger partial charge in [-0.25, -0.2) is 0 Å². The maximum Gasteiger partial charge on any atom is 0.253 e. The standard InChI is InChI=1S/C21H25N3O4/c1-12-15(10-13-5-6-14(27-2)11-17(13)22-12)21(26)23-16-7-8-19(25)24-20(16)18-4-3-9-28-18/h5-6,10-11,16,18,20H,3-4,7-9H2,1-2H3,(H,23,26)(H,24,25)/t16-,18+,20+/m1/s1. The molecule has 2 aliphatic rings. The lowest BCUT2D eigenvalue weighted by molar-refractivity contribution is -0.125. The minimum Gasteiger partial charge on any atom is -0.497 e. The van der Waals surface area contributed by atoms with E-state index in [4.69, 9.17) is 9.47 Å². The molecule has 0 aliphatic carbocycles. The molecule has 7 heteroatoms. The number of amides is 2. The van der Waals surface area contributed by atoms with Crippen LogP contribution in [0, 0.1) is 6.92 Å². The van der Waals surface area contributed by atoms with E-state index >= 15 is 0 Å². The Morgan fingerprint density at radius 2 is 2.18 bits per heavy atom. The highest BCUT2D eigenvalue weighted by molar-refractivity contribution is 5.99. The number of hydrogen-bond donors (Lipinski definition) is 2. The van der Waals surface area contributed by atoms with Crippen LogP contribution >= 0.6 is 0 Å². The zero-order valence-electron chi connectivity index (χ0n) is 16.2. The fraction of sp³-hybridized carbons (Fsp3) is 0.476. The molecular formula is C21H25N3O4. The monoisotopic (exact) mass is 383 g/mol. The van der Waals surface area contributed by atoms with Gasteiger partial charge in [-0.15, -0.1) is 0 Å². The Morgan fingerprint density at radius 1 is 1.32 bits per heavy atom. The number of pyridine rings is 1. The van der Waals surface area contributed by atoms with Gasteiger partial charge in [0.25, 0.3) is 5.91 Å². The number of piperidine rings is 1. The third kappa shape index (κ3) is 3.67. The molecule has 2 amide bonds. The Kier molecular flexibility index (Phi) is 5.17. The molecule has 2 fully saturated rings. The maximum absolute atomic E-state index is 13.0. The van der Waals surface area contributed by atoms with Gasteiger partial charge < -0.3 is 20.1 Å². The van der Waals surface area contributed by atoms with Crippen molar-refractivity contribution in [2.75, 3.05) is 13.7 Å². The van der Waals surface area contributed by atoms with Crippen LogP contribution in [0.25, 0.3) is 10.9 Å². The molecule has 0 radical (unpaired) electrons. The fourth-order valence-electron chi connectivity index (χ4n) is 4.07. The minimum atomic E-state index is -0.189. The number of carbonyl (C=O) groups excluding carboxylic acids is 2. The molecule has 0 spiro atoms. The normalized spacial score (nSPS) is 24.8. The van der Waals surface area contributed by atoms with Crippen molar-refractivity contribution in [1.29, 1.82) is 0 Å². The largest absolute Gasteiger partial charge is 0.497 e. The summed E-state index contributed by atoms with van der Waals surface area (Å²) in [5.41, 5.74) is 1.99. The van der Waals surface area contributed by atoms with E-state index in [0.29, 0.717) is 30.7 Å². The number of ether oxygens (including phenoxy) is 2. The lowest BCUT2D eigenvalue weighted by Crippen LogP contribution is -2.60. The van der Waals surface area contributed by atoms with E-state index in [-0.39, 0.29) is 30.0 Å². The van der Waals surface area contributed by atoms with Gasteiger partial charge in [-0.05, 0) is 44.4 Å². The summed E-state index contributed by atoms with van der Waals surface area (Å²) in [4.78, 5) is 29.5. The molecule has 3 heterocycles. The zero-order valence-corrected chi connectivity index (χ0v) is 16.2. The summed E-state index contributed by atoms with van der Waals surface area (Å²) in [6.45, 7) is 2.53. The molecule has 7 nitrogen and oxygen atoms in total. The van der Waals surface area contributed by atoms with E-state index in [9.17, 15) is 9.59 Å². The second-order valence-electron chi connectivity index (χ2n) is 7.44. The van der Waals surface area contributed by atoms with Gasteiger partial charge in [0.2, 0.25) is 5.91 Å². The molecule has 4 rings (SSSR count). The lowest BCUT2D eigenvalue weighted by atomic mass is 9.92. The van der Waals surface area contributed by atoms with Gasteiger partial charge in [0.15, 0.2) is 0 Å². The van der Waals surface area contributed by atoms with Crippen LogP contribution in [0.2, 0.25) is 0 Å². The van der Waals surface area contributed by atoms with Crippen LogP contribution < -0.4 is 15.4 Å². The third-order valence-electron chi connectivity index (χ3n) is 5.59. The first-order valence-corrected chi connectivity index (χ1v) is 9.72. The van der Waals surface area contributed by atoms with Crippen LogP contribution in [0.3, 0.4) is 0 Å². The molecule has 0 bridgehead atoms. The second-order valence-corrected chi connectivity index (χ2v) is 7.44. The van der Waals surface area contributed by atoms with Crippen LogP contribution in [-0.4, -0.2) is 48.7 Å². The highest BCUT2D eigenvalue weighted by atomic mass is 16.5. The van der Waals surface area contributed by atoms with Crippen molar-refractivity contribution >= 4 is 22.7 Å². The number of nitrogens with zero attached hydrogens (tertiary/aromatic N) is 1. The lowest BCUT2D eigenvalue weighted by Gasteiger charge is -2.36. The molecule has 3 atom stereocenters. The number of nitrogens with one attached hydrogen (secondary N) is 2. The summed E-state index contributed by atoms with van der Waals surface area (Å²) in [5, 5.41) is 7.01. The molecule has 2 aromatic rings. The molecule has 0 unspecified atom stereocenters. The Labute approximate surface area is 163 Å². The predicted octanol–water partition coefficient (Wildman–Crippen LogP) is 2.11. The molecule has 148 valence electrons. The van der Waals surface area contributed by atoms with Crippen molar-refractivity contribution in [3.63, 3.8) is 0 Å². The van der Waals surface area contributed by atoms with Crippen molar-refractivity contribution in [3.05, 3.63) is 35.5 Å². The highest BCUT2D eigenvalue weighted by Gasteiger charge is 2.37. The van der Waals surface area contributed by atoms with E-state index in [0.717, 1.165) is 29.5 Å². The van der Waals surface area contributed by atoms with Crippen LogP contribution in [0.1, 0.15) is 41.7 Å². The Balaban J connectivity index is 1.56. The summed E-state index contributed by atoms with van der Waals surface area (Å²) in [6.07, 6.45) is 2.85. The molecule has 0 saturated carbocycles. The van der Waals surface area contributed by atoms with Crippen LogP contribution in [-0.2, 0) is 9.53 Å². The van der Waals surface area contributed by atoms with Gasteiger partial charge in [0.1, 0.15) is 5.75 Å². The summed E-state index contributed by atoms with van der Waals surface area (Å²) >= 11 is 0. The van der Waals surface area contributed by atoms with Gasteiger partial charge in [-0.3, -0.25) is 14.6 Å². The summed E-state index contributed by atoms with van der Waals surface area (Å²) in [7, 11) is 1.61. The van der Waals surface area contributed by atoms with Crippen LogP contribution in [0.4, 0.5) is 0 Å². The van der Waals surface area contributed by atoms with Gasteiger partial charge in [0, 0.05) is 24.5 Å². The van der Waals surface area contributed by atoms with Crippen LogP contribution in [0.15, 0.2) is 24.3 Å². The number of aromatic nitrogens is 1. The Morgan fingerprint density at radius 3 is 2.93 bits per heavy atom. The molecule has 2 N–H and O–H groups in total. The number of hydrogen-bond acceptors (Lipinski definition) is 5. The van der Waals surface area contributed by atoms with Gasteiger partial charge in [-0.2, -0.15) is 0 Å². The molecular weight excluding hydrogens is 358 g/mol. The predicted molar refractivity (Wildman–Crippen MR) is 104 cm³/mol. The summed E-state index contributed by atoms with van der Waals surface area (Å²) < 4.78 is 11.0. The topological polar surface area (TPSA) is 89.5 Å². The van der Waals surface area contributed by atoms with Gasteiger partial charge in [-0.1, -0.05) is 0 Å². The highest BCUT2D eigenvalue weighted by Crippen LogP contribution is 2.24. The smallest absolute Gasteiger partial charge is 0.253 e. The molecule has 2 saturated heterocycles.